The number of nitrogens with zero attached hydrogens (tertiary/aromatic N) is 2. The third-order valence-corrected chi connectivity index (χ3v) is 2.96. The SMILES string of the molecule is CCCN1CCN(CC)C(CC(=O)O)C1=O. The molecule has 1 saturated heterocycles. The van der Waals surface area contributed by atoms with Gasteiger partial charge in [-0.2, -0.15) is 0 Å². The van der Waals surface area contributed by atoms with E-state index in [-0.39, 0.29) is 12.3 Å². The van der Waals surface area contributed by atoms with Crippen molar-refractivity contribution in [1.29, 1.82) is 0 Å². The maximum atomic E-state index is 12.0. The highest BCUT2D eigenvalue weighted by Gasteiger charge is 2.34. The first-order chi connectivity index (χ1) is 7.60. The standard InChI is InChI=1S/C11H20N2O3/c1-3-5-13-7-6-12(4-2)9(11(13)16)8-10(14)15/h9H,3-8H2,1-2H3,(H,14,15). The molecule has 0 aromatic carbocycles. The van der Waals surface area contributed by atoms with E-state index in [4.69, 9.17) is 5.11 Å². The van der Waals surface area contributed by atoms with Gasteiger partial charge in [-0.3, -0.25) is 14.5 Å². The molecule has 1 aliphatic rings. The zero-order chi connectivity index (χ0) is 12.1. The lowest BCUT2D eigenvalue weighted by Gasteiger charge is -2.39. The highest BCUT2D eigenvalue weighted by Crippen LogP contribution is 2.14. The van der Waals surface area contributed by atoms with Crippen LogP contribution in [0.15, 0.2) is 0 Å². The number of piperazine rings is 1. The van der Waals surface area contributed by atoms with E-state index in [9.17, 15) is 9.59 Å². The number of carboxylic acids is 1. The number of likely N-dealkylation sites (N-methyl/N-ethyl adjacent to an activating group) is 1. The molecule has 5 heteroatoms. The Bertz CT molecular complexity index is 268. The first-order valence-corrected chi connectivity index (χ1v) is 5.84. The Morgan fingerprint density at radius 3 is 2.62 bits per heavy atom. The highest BCUT2D eigenvalue weighted by molar-refractivity contribution is 5.86. The zero-order valence-corrected chi connectivity index (χ0v) is 9.98. The van der Waals surface area contributed by atoms with Gasteiger partial charge in [-0.05, 0) is 13.0 Å². The van der Waals surface area contributed by atoms with Crippen LogP contribution in [0.5, 0.6) is 0 Å². The van der Waals surface area contributed by atoms with Crippen molar-refractivity contribution in [3.8, 4) is 0 Å². The van der Waals surface area contributed by atoms with Crippen molar-refractivity contribution in [2.75, 3.05) is 26.2 Å². The normalized spacial score (nSPS) is 22.5. The monoisotopic (exact) mass is 228 g/mol. The van der Waals surface area contributed by atoms with Crippen LogP contribution in [0.4, 0.5) is 0 Å². The van der Waals surface area contributed by atoms with Gasteiger partial charge < -0.3 is 10.0 Å². The lowest BCUT2D eigenvalue weighted by Crippen LogP contribution is -2.57. The Labute approximate surface area is 96.0 Å². The van der Waals surface area contributed by atoms with Gasteiger partial charge in [0.15, 0.2) is 0 Å². The molecule has 0 aromatic rings. The van der Waals surface area contributed by atoms with Crippen molar-refractivity contribution in [3.05, 3.63) is 0 Å². The Hall–Kier alpha value is -1.10. The van der Waals surface area contributed by atoms with Crippen LogP contribution in [0.25, 0.3) is 0 Å². The van der Waals surface area contributed by atoms with Crippen molar-refractivity contribution >= 4 is 11.9 Å². The number of carbonyl (C=O) groups excluding carboxylic acids is 1. The second-order valence-corrected chi connectivity index (χ2v) is 4.07. The summed E-state index contributed by atoms with van der Waals surface area (Å²) in [6, 6.07) is -0.470. The summed E-state index contributed by atoms with van der Waals surface area (Å²) in [5, 5.41) is 8.82. The fourth-order valence-electron chi connectivity index (χ4n) is 2.13. The molecule has 1 aliphatic heterocycles. The van der Waals surface area contributed by atoms with Crippen LogP contribution in [0.2, 0.25) is 0 Å². The average molecular weight is 228 g/mol. The summed E-state index contributed by atoms with van der Waals surface area (Å²) >= 11 is 0. The maximum absolute atomic E-state index is 12.0. The molecule has 1 amide bonds. The number of carbonyl (C=O) groups is 2. The number of rotatable bonds is 5. The van der Waals surface area contributed by atoms with Crippen molar-refractivity contribution in [3.63, 3.8) is 0 Å². The Morgan fingerprint density at radius 1 is 1.44 bits per heavy atom. The van der Waals surface area contributed by atoms with Crippen molar-refractivity contribution in [2.24, 2.45) is 0 Å². The Morgan fingerprint density at radius 2 is 2.12 bits per heavy atom. The molecule has 92 valence electrons. The minimum Gasteiger partial charge on any atom is -0.481 e. The van der Waals surface area contributed by atoms with E-state index in [1.807, 2.05) is 18.7 Å². The quantitative estimate of drug-likeness (QED) is 0.740. The summed E-state index contributed by atoms with van der Waals surface area (Å²) in [7, 11) is 0. The smallest absolute Gasteiger partial charge is 0.305 e. The van der Waals surface area contributed by atoms with Crippen LogP contribution in [0.1, 0.15) is 26.7 Å². The van der Waals surface area contributed by atoms with Gasteiger partial charge in [0.2, 0.25) is 5.91 Å². The molecule has 16 heavy (non-hydrogen) atoms. The second-order valence-electron chi connectivity index (χ2n) is 4.07. The van der Waals surface area contributed by atoms with E-state index in [0.29, 0.717) is 0 Å². The molecule has 1 fully saturated rings. The number of carboxylic acid groups (broad SMARTS) is 1. The van der Waals surface area contributed by atoms with Gasteiger partial charge in [0.05, 0.1) is 12.5 Å². The maximum Gasteiger partial charge on any atom is 0.305 e. The van der Waals surface area contributed by atoms with E-state index in [0.717, 1.165) is 32.6 Å². The molecule has 0 bridgehead atoms. The molecule has 5 nitrogen and oxygen atoms in total. The number of hydrogen-bond donors (Lipinski definition) is 1. The molecule has 0 aromatic heterocycles. The summed E-state index contributed by atoms with van der Waals surface area (Å²) in [5.74, 6) is -0.938. The highest BCUT2D eigenvalue weighted by atomic mass is 16.4. The van der Waals surface area contributed by atoms with E-state index >= 15 is 0 Å². The van der Waals surface area contributed by atoms with Gasteiger partial charge >= 0.3 is 5.97 Å². The Balaban J connectivity index is 2.71. The van der Waals surface area contributed by atoms with Gasteiger partial charge in [0.1, 0.15) is 0 Å². The van der Waals surface area contributed by atoms with E-state index in [1.54, 1.807) is 4.90 Å². The summed E-state index contributed by atoms with van der Waals surface area (Å²) in [6.45, 7) is 6.93. The van der Waals surface area contributed by atoms with Gasteiger partial charge in [0.25, 0.3) is 0 Å². The van der Waals surface area contributed by atoms with Gasteiger partial charge in [-0.15, -0.1) is 0 Å². The molecule has 0 radical (unpaired) electrons. The molecule has 1 rings (SSSR count). The molecule has 0 saturated carbocycles. The minimum absolute atomic E-state index is 0.0302. The molecular formula is C11H20N2O3. The first kappa shape index (κ1) is 13.0. The van der Waals surface area contributed by atoms with Gasteiger partial charge in [0, 0.05) is 19.6 Å². The number of hydrogen-bond acceptors (Lipinski definition) is 3. The summed E-state index contributed by atoms with van der Waals surface area (Å²) in [5.41, 5.74) is 0. The summed E-state index contributed by atoms with van der Waals surface area (Å²) in [4.78, 5) is 26.5. The molecule has 1 atom stereocenters. The minimum atomic E-state index is -0.907. The summed E-state index contributed by atoms with van der Waals surface area (Å²) < 4.78 is 0. The third kappa shape index (κ3) is 2.95. The number of amides is 1. The van der Waals surface area contributed by atoms with Crippen molar-refractivity contribution in [2.45, 2.75) is 32.7 Å². The van der Waals surface area contributed by atoms with Crippen LogP contribution in [-0.2, 0) is 9.59 Å². The van der Waals surface area contributed by atoms with E-state index in [2.05, 4.69) is 0 Å². The molecule has 1 unspecified atom stereocenters. The van der Waals surface area contributed by atoms with Crippen molar-refractivity contribution < 1.29 is 14.7 Å². The molecule has 1 N–H and O–H groups in total. The average Bonchev–Trinajstić information content (AvgIpc) is 2.24. The topological polar surface area (TPSA) is 60.9 Å². The second kappa shape index (κ2) is 5.84. The predicted molar refractivity (Wildman–Crippen MR) is 60.2 cm³/mol. The van der Waals surface area contributed by atoms with E-state index in [1.165, 1.54) is 0 Å². The molecule has 0 spiro atoms. The summed E-state index contributed by atoms with van der Waals surface area (Å²) in [6.07, 6.45) is 0.824. The third-order valence-electron chi connectivity index (χ3n) is 2.96. The predicted octanol–water partition coefficient (Wildman–Crippen LogP) is 0.404. The first-order valence-electron chi connectivity index (χ1n) is 5.84. The molecule has 0 aliphatic carbocycles. The fraction of sp³-hybridized carbons (Fsp3) is 0.818. The molecular weight excluding hydrogens is 208 g/mol. The van der Waals surface area contributed by atoms with Crippen LogP contribution >= 0.6 is 0 Å². The number of aliphatic carboxylic acids is 1. The lowest BCUT2D eigenvalue weighted by molar-refractivity contribution is -0.149. The van der Waals surface area contributed by atoms with Crippen LogP contribution in [0, 0.1) is 0 Å². The molecule has 1 heterocycles. The Kier molecular flexibility index (Phi) is 4.73. The van der Waals surface area contributed by atoms with Crippen LogP contribution < -0.4 is 0 Å². The lowest BCUT2D eigenvalue weighted by atomic mass is 10.1. The van der Waals surface area contributed by atoms with Crippen LogP contribution in [-0.4, -0.2) is 59.0 Å². The zero-order valence-electron chi connectivity index (χ0n) is 9.98. The van der Waals surface area contributed by atoms with E-state index < -0.39 is 12.0 Å². The van der Waals surface area contributed by atoms with Gasteiger partial charge in [-0.25, -0.2) is 0 Å². The fourth-order valence-corrected chi connectivity index (χ4v) is 2.13. The van der Waals surface area contributed by atoms with Gasteiger partial charge in [-0.1, -0.05) is 13.8 Å². The largest absolute Gasteiger partial charge is 0.481 e. The van der Waals surface area contributed by atoms with Crippen molar-refractivity contribution in [1.82, 2.24) is 9.80 Å². The van der Waals surface area contributed by atoms with Crippen LogP contribution in [0.3, 0.4) is 0 Å².